The SMILES string of the molecule is Clc1ccc(/[C](c2cccc3ccccc23)=[Zr+2](\[C]2=CC=CC2)[CH]2c3ccccc3-c3c2c2ccccc2c2ccccc32)cc1.[Cl-].[Cl-]. The molecule has 0 N–H and O–H groups in total. The van der Waals surface area contributed by atoms with Gasteiger partial charge in [0.25, 0.3) is 0 Å². The van der Waals surface area contributed by atoms with Gasteiger partial charge in [-0.3, -0.25) is 0 Å². The van der Waals surface area contributed by atoms with E-state index in [2.05, 4.69) is 158 Å². The second kappa shape index (κ2) is 13.1. The number of rotatable bonds is 4. The summed E-state index contributed by atoms with van der Waals surface area (Å²) in [4.78, 5) is 0. The molecule has 0 spiro atoms. The summed E-state index contributed by atoms with van der Waals surface area (Å²) in [7, 11) is 0. The molecule has 0 saturated heterocycles. The summed E-state index contributed by atoms with van der Waals surface area (Å²) in [6.45, 7) is 0. The van der Waals surface area contributed by atoms with E-state index < -0.39 is 21.3 Å². The summed E-state index contributed by atoms with van der Waals surface area (Å²) in [6, 6.07) is 51.9. The molecule has 2 aliphatic carbocycles. The topological polar surface area (TPSA) is 0 Å². The van der Waals surface area contributed by atoms with Crippen molar-refractivity contribution >= 4 is 47.1 Å². The Bertz CT molecular complexity index is 2410. The van der Waals surface area contributed by atoms with Gasteiger partial charge in [0, 0.05) is 0 Å². The normalized spacial score (nSPS) is 14.7. The van der Waals surface area contributed by atoms with Crippen LogP contribution in [0.2, 0.25) is 5.02 Å². The van der Waals surface area contributed by atoms with Crippen molar-refractivity contribution in [2.24, 2.45) is 0 Å². The molecule has 1 unspecified atom stereocenters. The average Bonchev–Trinajstić information content (AvgIpc) is 3.75. The fourth-order valence-corrected chi connectivity index (χ4v) is 17.1. The molecule has 0 heterocycles. The van der Waals surface area contributed by atoms with Crippen LogP contribution >= 0.6 is 11.6 Å². The molecule has 0 aromatic heterocycles. The summed E-state index contributed by atoms with van der Waals surface area (Å²) in [5.41, 5.74) is 8.52. The fraction of sp³-hybridized carbons (Fsp3) is 0.0465. The molecule has 7 aromatic rings. The molecule has 0 fully saturated rings. The smallest absolute Gasteiger partial charge is 1.00 e. The Morgan fingerprint density at radius 1 is 0.596 bits per heavy atom. The van der Waals surface area contributed by atoms with Crippen LogP contribution in [0, 0.1) is 0 Å². The molecule has 47 heavy (non-hydrogen) atoms. The zero-order valence-corrected chi connectivity index (χ0v) is 30.2. The van der Waals surface area contributed by atoms with Crippen molar-refractivity contribution in [3.05, 3.63) is 188 Å². The molecule has 0 amide bonds. The number of hydrogen-bond donors (Lipinski definition) is 0. The standard InChI is InChI=1S/C21H13.C17H11Cl.C5H5.2ClH.Zr/c1-2-8-15-14(7-1)13-20-18-11-4-3-9-16(18)17-10-5-6-12-19(17)21(15)20;18-16-10-8-13(9-11-16)12-15-6-3-5-14-4-1-2-7-17(14)15;1-2-4-5-3-1;;;/h1-13H;1-11H;1-3H,4H2;2*1H;/q;;;;;+2/p-2. The third kappa shape index (κ3) is 5.20. The minimum Gasteiger partial charge on any atom is -1.00 e. The van der Waals surface area contributed by atoms with Crippen molar-refractivity contribution in [2.45, 2.75) is 10.0 Å². The van der Waals surface area contributed by atoms with Crippen LogP contribution in [0.1, 0.15) is 32.3 Å². The van der Waals surface area contributed by atoms with E-state index in [4.69, 9.17) is 11.6 Å². The third-order valence-electron chi connectivity index (χ3n) is 9.67. The largest absolute Gasteiger partial charge is 1.00 e. The zero-order chi connectivity index (χ0) is 29.9. The molecular formula is C43H29Cl3Zr. The molecular weight excluding hydrogens is 714 g/mol. The van der Waals surface area contributed by atoms with Gasteiger partial charge < -0.3 is 24.8 Å². The first kappa shape index (κ1) is 32.0. The van der Waals surface area contributed by atoms with E-state index in [-0.39, 0.29) is 24.8 Å². The fourth-order valence-electron chi connectivity index (χ4n) is 7.84. The quantitative estimate of drug-likeness (QED) is 0.206. The first-order valence-corrected chi connectivity index (χ1v) is 19.9. The van der Waals surface area contributed by atoms with Gasteiger partial charge in [0.2, 0.25) is 0 Å². The van der Waals surface area contributed by atoms with Gasteiger partial charge in [-0.15, -0.1) is 0 Å². The summed E-state index contributed by atoms with van der Waals surface area (Å²) >= 11 is 3.63. The van der Waals surface area contributed by atoms with Gasteiger partial charge in [-0.1, -0.05) is 0 Å². The molecule has 226 valence electrons. The monoisotopic (exact) mass is 740 g/mol. The summed E-state index contributed by atoms with van der Waals surface area (Å²) in [6.07, 6.45) is 8.13. The van der Waals surface area contributed by atoms with E-state index in [0.29, 0.717) is 3.63 Å². The number of allylic oxidation sites excluding steroid dienone is 4. The van der Waals surface area contributed by atoms with Crippen LogP contribution in [-0.2, 0) is 21.3 Å². The first-order chi connectivity index (χ1) is 22.3. The van der Waals surface area contributed by atoms with Gasteiger partial charge in [0.05, 0.1) is 0 Å². The maximum atomic E-state index is 6.53. The second-order valence-corrected chi connectivity index (χ2v) is 18.7. The molecule has 0 nitrogen and oxygen atoms in total. The van der Waals surface area contributed by atoms with Crippen LogP contribution < -0.4 is 24.8 Å². The van der Waals surface area contributed by atoms with Gasteiger partial charge in [-0.2, -0.15) is 0 Å². The molecule has 4 heteroatoms. The van der Waals surface area contributed by atoms with Crippen LogP contribution in [0.15, 0.2) is 161 Å². The van der Waals surface area contributed by atoms with Crippen LogP contribution in [0.25, 0.3) is 43.4 Å². The maximum absolute atomic E-state index is 6.53. The summed E-state index contributed by atoms with van der Waals surface area (Å²) in [5, 5.41) is 8.83. The van der Waals surface area contributed by atoms with E-state index in [1.807, 2.05) is 0 Å². The van der Waals surface area contributed by atoms with Crippen molar-refractivity contribution in [2.75, 3.05) is 0 Å². The minimum atomic E-state index is -2.90. The number of fused-ring (bicyclic) bond motifs is 9. The van der Waals surface area contributed by atoms with Gasteiger partial charge in [-0.05, 0) is 0 Å². The van der Waals surface area contributed by atoms with Crippen molar-refractivity contribution in [1.82, 2.24) is 0 Å². The Kier molecular flexibility index (Phi) is 8.95. The molecule has 0 saturated carbocycles. The Hall–Kier alpha value is -3.58. The zero-order valence-electron chi connectivity index (χ0n) is 25.4. The van der Waals surface area contributed by atoms with Crippen LogP contribution in [0.4, 0.5) is 0 Å². The van der Waals surface area contributed by atoms with E-state index >= 15 is 0 Å². The maximum Gasteiger partial charge on any atom is -1.00 e. The summed E-state index contributed by atoms with van der Waals surface area (Å²) in [5.74, 6) is 0. The predicted octanol–water partition coefficient (Wildman–Crippen LogP) is 5.61. The minimum absolute atomic E-state index is 0. The molecule has 0 bridgehead atoms. The van der Waals surface area contributed by atoms with Crippen LogP contribution in [0.5, 0.6) is 0 Å². The van der Waals surface area contributed by atoms with Crippen molar-refractivity contribution < 1.29 is 46.1 Å². The molecule has 2 aliphatic rings. The van der Waals surface area contributed by atoms with Gasteiger partial charge >= 0.3 is 278 Å². The van der Waals surface area contributed by atoms with Crippen LogP contribution in [0.3, 0.4) is 0 Å². The van der Waals surface area contributed by atoms with Gasteiger partial charge in [-0.25, -0.2) is 0 Å². The van der Waals surface area contributed by atoms with Crippen molar-refractivity contribution in [3.8, 4) is 11.1 Å². The molecule has 0 radical (unpaired) electrons. The Labute approximate surface area is 300 Å². The van der Waals surface area contributed by atoms with Gasteiger partial charge in [0.15, 0.2) is 0 Å². The number of halogens is 3. The molecule has 1 atom stereocenters. The second-order valence-electron chi connectivity index (χ2n) is 12.0. The van der Waals surface area contributed by atoms with Crippen molar-refractivity contribution in [1.29, 1.82) is 0 Å². The van der Waals surface area contributed by atoms with E-state index in [0.717, 1.165) is 11.4 Å². The predicted molar refractivity (Wildman–Crippen MR) is 189 cm³/mol. The molecule has 7 aromatic carbocycles. The Morgan fingerprint density at radius 2 is 1.21 bits per heavy atom. The summed E-state index contributed by atoms with van der Waals surface area (Å²) < 4.78 is 3.51. The van der Waals surface area contributed by atoms with E-state index in [1.54, 1.807) is 6.49 Å². The Balaban J connectivity index is 0.00000176. The van der Waals surface area contributed by atoms with Crippen molar-refractivity contribution in [3.63, 3.8) is 0 Å². The van der Waals surface area contributed by atoms with E-state index in [9.17, 15) is 0 Å². The van der Waals surface area contributed by atoms with Crippen LogP contribution in [-0.4, -0.2) is 3.21 Å². The molecule has 0 aliphatic heterocycles. The number of benzene rings is 7. The first-order valence-electron chi connectivity index (χ1n) is 15.6. The average molecular weight is 743 g/mol. The molecule has 9 rings (SSSR count). The van der Waals surface area contributed by atoms with E-state index in [1.165, 1.54) is 65.7 Å². The number of hydrogen-bond acceptors (Lipinski definition) is 0. The Morgan fingerprint density at radius 3 is 1.96 bits per heavy atom. The van der Waals surface area contributed by atoms with Gasteiger partial charge in [0.1, 0.15) is 0 Å². The third-order valence-corrected chi connectivity index (χ3v) is 18.1.